The topological polar surface area (TPSA) is 302 Å². The molecular formula is C80H118O23. The first-order valence-corrected chi connectivity index (χ1v) is 39.9. The van der Waals surface area contributed by atoms with Gasteiger partial charge in [-0.25, -0.2) is 0 Å². The lowest BCUT2D eigenvalue weighted by atomic mass is 9.79. The highest BCUT2D eigenvalue weighted by Gasteiger charge is 2.69. The van der Waals surface area contributed by atoms with Crippen molar-refractivity contribution in [3.8, 4) is 0 Å². The minimum absolute atomic E-state index is 0.00785. The highest BCUT2D eigenvalue weighted by molar-refractivity contribution is 5.80. The van der Waals surface area contributed by atoms with Crippen LogP contribution in [0.3, 0.4) is 0 Å². The summed E-state index contributed by atoms with van der Waals surface area (Å²) in [6, 6.07) is 0. The zero-order chi connectivity index (χ0) is 72.0. The Bertz CT molecular complexity index is 3070. The van der Waals surface area contributed by atoms with Gasteiger partial charge in [0.1, 0.15) is 78.4 Å². The molecule has 20 bridgehead atoms. The van der Waals surface area contributed by atoms with Gasteiger partial charge in [0.25, 0.3) is 0 Å². The fraction of sp³-hybridized carbons (Fsp3) is 0.863. The molecule has 23 nitrogen and oxygen atoms in total. The van der Waals surface area contributed by atoms with Crippen LogP contribution in [0.15, 0.2) is 48.6 Å². The number of carbonyl (C=O) groups is 3. The van der Waals surface area contributed by atoms with Gasteiger partial charge in [0, 0.05) is 77.0 Å². The number of ether oxygens (including phenoxy) is 14. The Hall–Kier alpha value is -2.83. The second-order valence-corrected chi connectivity index (χ2v) is 34.5. The van der Waals surface area contributed by atoms with Gasteiger partial charge in [0.05, 0.1) is 135 Å². The molecule has 23 heteroatoms. The summed E-state index contributed by atoms with van der Waals surface area (Å²) in [5.41, 5.74) is 4.26. The Morgan fingerprint density at radius 2 is 0.854 bits per heavy atom. The molecule has 0 aromatic heterocycles. The van der Waals surface area contributed by atoms with Crippen LogP contribution in [0.4, 0.5) is 0 Å². The number of hydrogen-bond acceptors (Lipinski definition) is 23. The molecule has 0 aromatic carbocycles. The first kappa shape index (κ1) is 75.6. The molecule has 0 saturated carbocycles. The van der Waals surface area contributed by atoms with Crippen molar-refractivity contribution >= 4 is 17.3 Å². The van der Waals surface area contributed by atoms with Crippen LogP contribution >= 0.6 is 0 Å². The van der Waals surface area contributed by atoms with Gasteiger partial charge in [-0.2, -0.15) is 0 Å². The zero-order valence-corrected chi connectivity index (χ0v) is 61.0. The number of rotatable bonds is 6. The van der Waals surface area contributed by atoms with Gasteiger partial charge in [-0.3, -0.25) is 14.4 Å². The van der Waals surface area contributed by atoms with E-state index in [1.165, 1.54) is 0 Å². The standard InChI is InChI=1S/C40H60O12.C40H58O11/c1-19-11-27-7-9-30-20(2)12-26(47-30)6-5-23(42)15-35-36(45)39-40(52-35)37(46)38-31(51-39)10-8-28(49-38)13-24(43)14-29-22(4)32(16-25(44)18-41)50-34(29)17-33(48-27)21(19)3;1-19-11-25-5-7-29-20(2)12-27(44-29)9-10-40-17-34-36(50-40)37-38(49-34)39(51-40)35-30(48-37)8-6-26(46-35)13-23(42)14-28-22(4)31(15-24(43)18-41)47-33(28)16-32(45-25)21(19)3/h19,22,25-41,44-46H,2-3,5-18H2,1,4H3;19,22,24-39,41,43H,2-3,5-18H2,1,4H3/t19-,22-,25+,26+,27+,28-,29?,30?,31+,32-,33?,34+,35-,36+,37+,38+,39+,40+;19-,22-,24+,25+,26-,27+,28?,29?,30+,31-,32?,33+,34-,35+,36?,37+,38-,39+,40+/m11/s1. The number of aliphatic hydroxyl groups excluding tert-OH is 6. The first-order chi connectivity index (χ1) is 49.4. The molecule has 17 rings (SSSR count). The average molecular weight is 1450 g/mol. The lowest BCUT2D eigenvalue weighted by Gasteiger charge is -2.47. The molecule has 7 unspecified atom stereocenters. The molecule has 17 heterocycles. The fourth-order valence-corrected chi connectivity index (χ4v) is 21.4. The van der Waals surface area contributed by atoms with Gasteiger partial charge in [0.2, 0.25) is 0 Å². The molecule has 6 N–H and O–H groups in total. The molecule has 37 atom stereocenters. The summed E-state index contributed by atoms with van der Waals surface area (Å²) in [4.78, 5) is 40.9. The molecule has 576 valence electrons. The fourth-order valence-electron chi connectivity index (χ4n) is 21.4. The lowest BCUT2D eigenvalue weighted by Crippen LogP contribution is -2.61. The van der Waals surface area contributed by atoms with Gasteiger partial charge in [-0.15, -0.1) is 0 Å². The number of Topliss-reactive ketones (excluding diaryl/α,β-unsaturated/α-hetero) is 3. The van der Waals surface area contributed by atoms with E-state index < -0.39 is 66.8 Å². The zero-order valence-electron chi connectivity index (χ0n) is 61.0. The maximum Gasteiger partial charge on any atom is 0.172 e. The van der Waals surface area contributed by atoms with Crippen LogP contribution in [0.25, 0.3) is 0 Å². The Morgan fingerprint density at radius 3 is 1.42 bits per heavy atom. The van der Waals surface area contributed by atoms with Gasteiger partial charge in [-0.1, -0.05) is 54.0 Å². The second-order valence-electron chi connectivity index (χ2n) is 34.5. The van der Waals surface area contributed by atoms with Crippen molar-refractivity contribution in [3.05, 3.63) is 48.6 Å². The molecule has 103 heavy (non-hydrogen) atoms. The third-order valence-electron chi connectivity index (χ3n) is 27.4. The molecular weight excluding hydrogens is 1330 g/mol. The number of hydrogen-bond donors (Lipinski definition) is 6. The van der Waals surface area contributed by atoms with Gasteiger partial charge >= 0.3 is 0 Å². The van der Waals surface area contributed by atoms with E-state index in [0.717, 1.165) is 86.5 Å². The van der Waals surface area contributed by atoms with Crippen LogP contribution in [0.1, 0.15) is 195 Å². The van der Waals surface area contributed by atoms with Crippen molar-refractivity contribution in [2.75, 3.05) is 13.2 Å². The maximum absolute atomic E-state index is 14.0. The molecule has 0 aliphatic carbocycles. The summed E-state index contributed by atoms with van der Waals surface area (Å²) < 4.78 is 92.3. The normalized spacial score (nSPS) is 50.8. The highest BCUT2D eigenvalue weighted by Crippen LogP contribution is 2.55. The van der Waals surface area contributed by atoms with E-state index in [0.29, 0.717) is 76.5 Å². The minimum atomic E-state index is -1.08. The summed E-state index contributed by atoms with van der Waals surface area (Å²) >= 11 is 0. The predicted molar refractivity (Wildman–Crippen MR) is 370 cm³/mol. The smallest absolute Gasteiger partial charge is 0.172 e. The highest BCUT2D eigenvalue weighted by atomic mass is 16.8. The van der Waals surface area contributed by atoms with E-state index in [1.54, 1.807) is 0 Å². The van der Waals surface area contributed by atoms with Crippen LogP contribution in [0, 0.1) is 35.5 Å². The SMILES string of the molecule is C=C1C[C@@H]2CCC(=O)C[C@H]3O[C@H]4[C@@H](O)[C@H]5O[C@H](CC[C@@H]5O[C@H]4[C@H]3O)CC(=O)CC3[C@H](CC4O[C@@H](CCC1O2)C[C@@H](C)C4=C)O[C@H](C[C@H](O)CO)[C@@H]3C.C=C1C[C@@H]2CC[C@@]34C[C@H]5O[C@H]6[C@@H](O3)[C@H]3O[C@H](CC[C@@H]3O[C@H]6C5O4)CC(=O)CC3[C@H](CC4O[C@@H](CCC1O2)C[C@@H](C)C4=C)O[C@H](C[C@H](O)CO)[C@@H]3C. The second kappa shape index (κ2) is 31.5. The average Bonchev–Trinajstić information content (AvgIpc) is 1.55. The summed E-state index contributed by atoms with van der Waals surface area (Å²) in [5, 5.41) is 62.5. The van der Waals surface area contributed by atoms with Gasteiger partial charge < -0.3 is 97.0 Å². The predicted octanol–water partition coefficient (Wildman–Crippen LogP) is 6.98. The monoisotopic (exact) mass is 1450 g/mol. The van der Waals surface area contributed by atoms with Crippen LogP contribution in [0.5, 0.6) is 0 Å². The number of fused-ring (bicyclic) bond motifs is 13. The van der Waals surface area contributed by atoms with E-state index in [2.05, 4.69) is 54.0 Å². The Morgan fingerprint density at radius 1 is 0.398 bits per heavy atom. The third kappa shape index (κ3) is 15.8. The summed E-state index contributed by atoms with van der Waals surface area (Å²) in [7, 11) is 0. The van der Waals surface area contributed by atoms with Crippen molar-refractivity contribution in [1.82, 2.24) is 0 Å². The van der Waals surface area contributed by atoms with Crippen LogP contribution in [-0.2, 0) is 80.7 Å². The first-order valence-electron chi connectivity index (χ1n) is 39.9. The summed E-state index contributed by atoms with van der Waals surface area (Å²) in [6.07, 6.45) is 3.80. The van der Waals surface area contributed by atoms with Crippen molar-refractivity contribution in [3.63, 3.8) is 0 Å². The lowest BCUT2D eigenvalue weighted by molar-refractivity contribution is -0.292. The third-order valence-corrected chi connectivity index (χ3v) is 27.4. The van der Waals surface area contributed by atoms with Crippen molar-refractivity contribution in [2.45, 2.75) is 384 Å². The van der Waals surface area contributed by atoms with Crippen LogP contribution in [-0.4, -0.2) is 250 Å². The van der Waals surface area contributed by atoms with E-state index in [9.17, 15) is 45.0 Å². The van der Waals surface area contributed by atoms with Crippen LogP contribution in [0.2, 0.25) is 0 Å². The van der Waals surface area contributed by atoms with E-state index in [-0.39, 0.29) is 214 Å². The molecule has 0 aromatic rings. The quantitative estimate of drug-likeness (QED) is 0.146. The molecule has 17 aliphatic heterocycles. The largest absolute Gasteiger partial charge is 0.394 e. The maximum atomic E-state index is 14.0. The number of carbonyl (C=O) groups excluding carboxylic acids is 3. The number of ketones is 3. The summed E-state index contributed by atoms with van der Waals surface area (Å²) in [6.45, 7) is 25.5. The van der Waals surface area contributed by atoms with E-state index >= 15 is 0 Å². The van der Waals surface area contributed by atoms with E-state index in [4.69, 9.17) is 66.3 Å². The molecule has 17 fully saturated rings. The Labute approximate surface area is 607 Å². The van der Waals surface area contributed by atoms with Crippen LogP contribution < -0.4 is 0 Å². The van der Waals surface area contributed by atoms with Crippen molar-refractivity contribution in [2.24, 2.45) is 35.5 Å². The molecule has 0 radical (unpaired) electrons. The molecule has 0 amide bonds. The number of aliphatic hydroxyl groups is 6. The van der Waals surface area contributed by atoms with Crippen molar-refractivity contribution < 1.29 is 111 Å². The molecule has 17 saturated heterocycles. The Kier molecular flexibility index (Phi) is 23.1. The minimum Gasteiger partial charge on any atom is -0.394 e. The molecule has 17 aliphatic rings. The summed E-state index contributed by atoms with van der Waals surface area (Å²) in [5.74, 6) is -0.318. The Balaban J connectivity index is 0.000000166. The van der Waals surface area contributed by atoms with Gasteiger partial charge in [-0.05, 0) is 148 Å². The molecule has 1 spiro atoms. The van der Waals surface area contributed by atoms with Gasteiger partial charge in [0.15, 0.2) is 5.79 Å². The van der Waals surface area contributed by atoms with E-state index in [1.807, 2.05) is 0 Å². The van der Waals surface area contributed by atoms with Crippen molar-refractivity contribution in [1.29, 1.82) is 0 Å².